The van der Waals surface area contributed by atoms with Crippen molar-refractivity contribution in [1.29, 1.82) is 0 Å². The van der Waals surface area contributed by atoms with Gasteiger partial charge in [0, 0.05) is 5.41 Å². The summed E-state index contributed by atoms with van der Waals surface area (Å²) < 4.78 is 11.0. The van der Waals surface area contributed by atoms with E-state index in [1.807, 2.05) is 0 Å². The van der Waals surface area contributed by atoms with Gasteiger partial charge in [0.25, 0.3) is 0 Å². The third-order valence-corrected chi connectivity index (χ3v) is 5.27. The van der Waals surface area contributed by atoms with Crippen LogP contribution in [0.1, 0.15) is 66.5 Å². The summed E-state index contributed by atoms with van der Waals surface area (Å²) in [5.74, 6) is -1.46. The van der Waals surface area contributed by atoms with Crippen molar-refractivity contribution in [3.8, 4) is 5.75 Å². The predicted octanol–water partition coefficient (Wildman–Crippen LogP) is 3.82. The molecule has 1 aliphatic heterocycles. The van der Waals surface area contributed by atoms with E-state index >= 15 is 0 Å². The minimum absolute atomic E-state index is 0.0407. The fourth-order valence-corrected chi connectivity index (χ4v) is 3.88. The first-order valence-corrected chi connectivity index (χ1v) is 10.0. The molecule has 0 saturated carbocycles. The Hall–Kier alpha value is -2.57. The maximum atomic E-state index is 13.4. The largest absolute Gasteiger partial charge is 0.497 e. The summed E-state index contributed by atoms with van der Waals surface area (Å²) in [6, 6.07) is 5.08. The number of likely N-dealkylation sites (tertiary alicyclic amines) is 1. The lowest BCUT2D eigenvalue weighted by Crippen LogP contribution is -2.48. The monoisotopic (exact) mass is 419 g/mol. The van der Waals surface area contributed by atoms with E-state index in [1.54, 1.807) is 72.7 Å². The first kappa shape index (κ1) is 23.7. The molecule has 1 aliphatic rings. The Morgan fingerprint density at radius 1 is 1.13 bits per heavy atom. The highest BCUT2D eigenvalue weighted by Crippen LogP contribution is 2.53. The fraction of sp³-hybridized carbons (Fsp3) is 0.609. The number of aliphatic carboxylic acids is 1. The van der Waals surface area contributed by atoms with Gasteiger partial charge in [-0.2, -0.15) is 0 Å². The number of hydrogen-bond acceptors (Lipinski definition) is 5. The van der Waals surface area contributed by atoms with E-state index in [1.165, 1.54) is 12.0 Å². The minimum Gasteiger partial charge on any atom is -0.497 e. The van der Waals surface area contributed by atoms with Crippen molar-refractivity contribution in [1.82, 2.24) is 4.90 Å². The molecule has 0 bridgehead atoms. The molecule has 0 aliphatic carbocycles. The van der Waals surface area contributed by atoms with Gasteiger partial charge in [-0.05, 0) is 51.8 Å². The Labute approximate surface area is 178 Å². The van der Waals surface area contributed by atoms with Gasteiger partial charge in [0.1, 0.15) is 17.4 Å². The molecule has 1 saturated heterocycles. The quantitative estimate of drug-likeness (QED) is 0.746. The van der Waals surface area contributed by atoms with Gasteiger partial charge in [-0.25, -0.2) is 4.79 Å². The number of amides is 1. The lowest BCUT2D eigenvalue weighted by Gasteiger charge is -2.38. The second kappa shape index (κ2) is 7.93. The highest BCUT2D eigenvalue weighted by atomic mass is 16.6. The number of rotatable bonds is 4. The van der Waals surface area contributed by atoms with Crippen LogP contribution in [0.25, 0.3) is 0 Å². The Kier molecular flexibility index (Phi) is 6.27. The van der Waals surface area contributed by atoms with Gasteiger partial charge < -0.3 is 19.5 Å². The van der Waals surface area contributed by atoms with E-state index in [0.29, 0.717) is 11.3 Å². The number of ether oxygens (including phenoxy) is 2. The summed E-state index contributed by atoms with van der Waals surface area (Å²) in [5, 5.41) is 9.94. The first-order valence-electron chi connectivity index (χ1n) is 10.0. The number of hydrogen-bond donors (Lipinski definition) is 1. The van der Waals surface area contributed by atoms with Gasteiger partial charge in [-0.1, -0.05) is 32.9 Å². The van der Waals surface area contributed by atoms with Crippen LogP contribution in [0.3, 0.4) is 0 Å². The standard InChI is InChI=1S/C23H33NO6/c1-21(2,3)19(27)24-16(18(25)26)13-23(7,20(28)30-22(4,5)6)17(24)14-10-9-11-15(12-14)29-8/h9-12,16-17H,13H2,1-8H3,(H,25,26)/t16-,17-,23-/m0/s1. The zero-order valence-corrected chi connectivity index (χ0v) is 19.1. The Morgan fingerprint density at radius 3 is 2.20 bits per heavy atom. The Bertz CT molecular complexity index is 835. The fourth-order valence-electron chi connectivity index (χ4n) is 3.88. The van der Waals surface area contributed by atoms with Gasteiger partial charge in [-0.3, -0.25) is 9.59 Å². The molecule has 1 amide bonds. The molecule has 3 atom stereocenters. The van der Waals surface area contributed by atoms with E-state index in [4.69, 9.17) is 9.47 Å². The molecule has 1 aromatic rings. The third-order valence-electron chi connectivity index (χ3n) is 5.27. The number of methoxy groups -OCH3 is 1. The molecule has 7 nitrogen and oxygen atoms in total. The minimum atomic E-state index is -1.25. The molecule has 166 valence electrons. The zero-order valence-electron chi connectivity index (χ0n) is 19.1. The number of carboxylic acid groups (broad SMARTS) is 1. The Morgan fingerprint density at radius 2 is 1.73 bits per heavy atom. The third kappa shape index (κ3) is 4.60. The molecule has 0 aromatic heterocycles. The number of benzene rings is 1. The van der Waals surface area contributed by atoms with E-state index in [0.717, 1.165) is 0 Å². The highest BCUT2D eigenvalue weighted by Gasteiger charge is 2.60. The van der Waals surface area contributed by atoms with Gasteiger partial charge >= 0.3 is 11.9 Å². The van der Waals surface area contributed by atoms with Crippen LogP contribution < -0.4 is 4.74 Å². The van der Waals surface area contributed by atoms with E-state index in [2.05, 4.69) is 0 Å². The van der Waals surface area contributed by atoms with Crippen molar-refractivity contribution in [2.24, 2.45) is 10.8 Å². The van der Waals surface area contributed by atoms with Gasteiger partial charge in [0.05, 0.1) is 18.6 Å². The lowest BCUT2D eigenvalue weighted by molar-refractivity contribution is -0.169. The number of esters is 1. The van der Waals surface area contributed by atoms with Crippen molar-refractivity contribution >= 4 is 17.8 Å². The maximum Gasteiger partial charge on any atom is 0.326 e. The van der Waals surface area contributed by atoms with Crippen LogP contribution in [-0.2, 0) is 19.1 Å². The predicted molar refractivity (Wildman–Crippen MR) is 112 cm³/mol. The average molecular weight is 420 g/mol. The molecule has 30 heavy (non-hydrogen) atoms. The molecule has 0 unspecified atom stereocenters. The van der Waals surface area contributed by atoms with Crippen LogP contribution in [-0.4, -0.2) is 46.6 Å². The number of carbonyl (C=O) groups excluding carboxylic acids is 2. The number of nitrogens with zero attached hydrogens (tertiary/aromatic N) is 1. The van der Waals surface area contributed by atoms with E-state index in [-0.39, 0.29) is 12.3 Å². The van der Waals surface area contributed by atoms with Crippen molar-refractivity contribution < 1.29 is 29.0 Å². The summed E-state index contributed by atoms with van der Waals surface area (Å²) >= 11 is 0. The SMILES string of the molecule is COc1cccc([C@@H]2N(C(=O)C(C)(C)C)[C@H](C(=O)O)C[C@]2(C)C(=O)OC(C)(C)C)c1. The van der Waals surface area contributed by atoms with Crippen LogP contribution in [0, 0.1) is 10.8 Å². The highest BCUT2D eigenvalue weighted by molar-refractivity contribution is 5.91. The summed E-state index contributed by atoms with van der Waals surface area (Å²) in [7, 11) is 1.53. The molecule has 1 fully saturated rings. The molecule has 2 rings (SSSR count). The Balaban J connectivity index is 2.72. The molecule has 1 aromatic carbocycles. The lowest BCUT2D eigenvalue weighted by atomic mass is 9.77. The summed E-state index contributed by atoms with van der Waals surface area (Å²) in [6.07, 6.45) is -0.0407. The average Bonchev–Trinajstić information content (AvgIpc) is 2.93. The number of carboxylic acids is 1. The normalized spacial score (nSPS) is 24.5. The maximum absolute atomic E-state index is 13.4. The molecule has 7 heteroatoms. The smallest absolute Gasteiger partial charge is 0.326 e. The molecule has 0 spiro atoms. The molecule has 1 heterocycles. The van der Waals surface area contributed by atoms with Crippen LogP contribution >= 0.6 is 0 Å². The van der Waals surface area contributed by atoms with Crippen LogP contribution in [0.2, 0.25) is 0 Å². The molecule has 0 radical (unpaired) electrons. The van der Waals surface area contributed by atoms with Crippen molar-refractivity contribution in [2.45, 2.75) is 72.6 Å². The molecular formula is C23H33NO6. The second-order valence-corrected chi connectivity index (χ2v) is 10.1. The topological polar surface area (TPSA) is 93.1 Å². The van der Waals surface area contributed by atoms with Gasteiger partial charge in [-0.15, -0.1) is 0 Å². The summed E-state index contributed by atoms with van der Waals surface area (Å²) in [6.45, 7) is 12.2. The zero-order chi connectivity index (χ0) is 23.1. The van der Waals surface area contributed by atoms with Crippen LogP contribution in [0.5, 0.6) is 5.75 Å². The van der Waals surface area contributed by atoms with Crippen LogP contribution in [0.15, 0.2) is 24.3 Å². The first-order chi connectivity index (χ1) is 13.6. The van der Waals surface area contributed by atoms with Crippen molar-refractivity contribution in [2.75, 3.05) is 7.11 Å². The summed E-state index contributed by atoms with van der Waals surface area (Å²) in [5.41, 5.74) is -2.20. The van der Waals surface area contributed by atoms with Crippen molar-refractivity contribution in [3.05, 3.63) is 29.8 Å². The van der Waals surface area contributed by atoms with Crippen LogP contribution in [0.4, 0.5) is 0 Å². The van der Waals surface area contributed by atoms with Gasteiger partial charge in [0.15, 0.2) is 0 Å². The molecular weight excluding hydrogens is 386 g/mol. The second-order valence-electron chi connectivity index (χ2n) is 10.1. The van der Waals surface area contributed by atoms with Crippen molar-refractivity contribution in [3.63, 3.8) is 0 Å². The van der Waals surface area contributed by atoms with E-state index < -0.39 is 40.5 Å². The number of carbonyl (C=O) groups is 3. The summed E-state index contributed by atoms with van der Waals surface area (Å²) in [4.78, 5) is 40.2. The van der Waals surface area contributed by atoms with Gasteiger partial charge in [0.2, 0.25) is 5.91 Å². The van der Waals surface area contributed by atoms with E-state index in [9.17, 15) is 19.5 Å². The molecule has 1 N–H and O–H groups in total.